The van der Waals surface area contributed by atoms with Crippen LogP contribution in [0.5, 0.6) is 0 Å². The van der Waals surface area contributed by atoms with Gasteiger partial charge in [0.25, 0.3) is 0 Å². The van der Waals surface area contributed by atoms with Gasteiger partial charge in [-0.1, -0.05) is 29.8 Å². The predicted molar refractivity (Wildman–Crippen MR) is 96.9 cm³/mol. The van der Waals surface area contributed by atoms with Crippen LogP contribution < -0.4 is 0 Å². The highest BCUT2D eigenvalue weighted by atomic mass is 35.5. The zero-order valence-electron chi connectivity index (χ0n) is 14.2. The van der Waals surface area contributed by atoms with E-state index in [-0.39, 0.29) is 0 Å². The summed E-state index contributed by atoms with van der Waals surface area (Å²) in [6, 6.07) is 10.5. The van der Waals surface area contributed by atoms with Crippen molar-refractivity contribution >= 4 is 11.6 Å². The Morgan fingerprint density at radius 1 is 1.16 bits per heavy atom. The van der Waals surface area contributed by atoms with Gasteiger partial charge in [-0.05, 0) is 31.9 Å². The Balaban J connectivity index is 1.46. The number of hydrogen-bond donors (Lipinski definition) is 0. The van der Waals surface area contributed by atoms with E-state index in [0.29, 0.717) is 11.2 Å². The minimum Gasteiger partial charge on any atom is -0.299 e. The molecule has 0 N–H and O–H groups in total. The number of nitrogens with zero attached hydrogens (tertiary/aromatic N) is 6. The molecule has 1 saturated heterocycles. The molecule has 4 rings (SSSR count). The van der Waals surface area contributed by atoms with Crippen molar-refractivity contribution < 1.29 is 0 Å². The Morgan fingerprint density at radius 3 is 2.60 bits per heavy atom. The van der Waals surface area contributed by atoms with Gasteiger partial charge < -0.3 is 0 Å². The number of aryl methyl sites for hydroxylation is 1. The molecule has 130 valence electrons. The summed E-state index contributed by atoms with van der Waals surface area (Å²) < 4.78 is 3.80. The van der Waals surface area contributed by atoms with Gasteiger partial charge in [0.15, 0.2) is 0 Å². The first kappa shape index (κ1) is 16.3. The molecule has 3 heterocycles. The van der Waals surface area contributed by atoms with Crippen LogP contribution >= 0.6 is 11.6 Å². The van der Waals surface area contributed by atoms with Crippen molar-refractivity contribution in [3.8, 4) is 5.69 Å². The molecule has 1 aliphatic rings. The first-order valence-corrected chi connectivity index (χ1v) is 8.96. The molecule has 0 spiro atoms. The van der Waals surface area contributed by atoms with Gasteiger partial charge in [-0.3, -0.25) is 4.90 Å². The number of rotatable bonds is 4. The highest BCUT2D eigenvalue weighted by Gasteiger charge is 2.23. The number of hydrogen-bond acceptors (Lipinski definition) is 4. The normalized spacial score (nSPS) is 16.4. The van der Waals surface area contributed by atoms with E-state index in [2.05, 4.69) is 20.1 Å². The number of benzene rings is 1. The molecular formula is C18H21ClN6. The highest BCUT2D eigenvalue weighted by Crippen LogP contribution is 2.27. The first-order chi connectivity index (χ1) is 12.2. The summed E-state index contributed by atoms with van der Waals surface area (Å²) in [7, 11) is 0. The maximum Gasteiger partial charge on any atom is 0.137 e. The fourth-order valence-corrected chi connectivity index (χ4v) is 3.75. The molecule has 0 radical (unpaired) electrons. The number of para-hydroxylation sites is 1. The molecule has 0 saturated carbocycles. The van der Waals surface area contributed by atoms with E-state index < -0.39 is 0 Å². The summed E-state index contributed by atoms with van der Waals surface area (Å²) in [5, 5.41) is 9.61. The van der Waals surface area contributed by atoms with E-state index in [9.17, 15) is 0 Å². The van der Waals surface area contributed by atoms with Crippen molar-refractivity contribution in [2.75, 3.05) is 13.1 Å². The molecule has 2 aromatic heterocycles. The lowest BCUT2D eigenvalue weighted by atomic mass is 10.0. The van der Waals surface area contributed by atoms with E-state index >= 15 is 0 Å². The number of halogens is 1. The van der Waals surface area contributed by atoms with Crippen molar-refractivity contribution in [2.45, 2.75) is 32.4 Å². The van der Waals surface area contributed by atoms with Crippen LogP contribution in [0.15, 0.2) is 43.0 Å². The zero-order chi connectivity index (χ0) is 17.2. The van der Waals surface area contributed by atoms with Crippen LogP contribution in [0.4, 0.5) is 0 Å². The third kappa shape index (κ3) is 3.32. The van der Waals surface area contributed by atoms with Crippen molar-refractivity contribution in [3.63, 3.8) is 0 Å². The monoisotopic (exact) mass is 356 g/mol. The molecule has 6 nitrogen and oxygen atoms in total. The average molecular weight is 357 g/mol. The Kier molecular flexibility index (Phi) is 4.55. The van der Waals surface area contributed by atoms with Gasteiger partial charge in [-0.2, -0.15) is 10.2 Å². The maximum atomic E-state index is 6.64. The minimum atomic E-state index is 0.447. The van der Waals surface area contributed by atoms with Gasteiger partial charge in [0.1, 0.15) is 17.8 Å². The van der Waals surface area contributed by atoms with Crippen LogP contribution in [0.25, 0.3) is 5.69 Å². The van der Waals surface area contributed by atoms with Crippen molar-refractivity contribution in [3.05, 3.63) is 59.4 Å². The highest BCUT2D eigenvalue weighted by molar-refractivity contribution is 6.30. The quantitative estimate of drug-likeness (QED) is 0.720. The van der Waals surface area contributed by atoms with Gasteiger partial charge in [-0.15, -0.1) is 0 Å². The van der Waals surface area contributed by atoms with Gasteiger partial charge in [0.2, 0.25) is 0 Å². The van der Waals surface area contributed by atoms with E-state index in [0.717, 1.165) is 49.4 Å². The third-order valence-electron chi connectivity index (χ3n) is 4.87. The Bertz CT molecular complexity index is 819. The Hall–Kier alpha value is -2.18. The summed E-state index contributed by atoms with van der Waals surface area (Å²) in [6.45, 7) is 4.91. The van der Waals surface area contributed by atoms with Gasteiger partial charge >= 0.3 is 0 Å². The molecule has 0 atom stereocenters. The summed E-state index contributed by atoms with van der Waals surface area (Å²) in [4.78, 5) is 6.49. The summed E-state index contributed by atoms with van der Waals surface area (Å²) in [5.74, 6) is 0. The number of likely N-dealkylation sites (tertiary alicyclic amines) is 1. The van der Waals surface area contributed by atoms with Crippen LogP contribution in [0.2, 0.25) is 5.15 Å². The predicted octanol–water partition coefficient (Wildman–Crippen LogP) is 3.26. The lowest BCUT2D eigenvalue weighted by molar-refractivity contribution is 0.173. The SMILES string of the molecule is Cc1nn(-c2ccccc2)c(Cl)c1CN1CCC(n2cncn2)CC1. The fraction of sp³-hybridized carbons (Fsp3) is 0.389. The summed E-state index contributed by atoms with van der Waals surface area (Å²) >= 11 is 6.64. The first-order valence-electron chi connectivity index (χ1n) is 8.58. The molecule has 0 aliphatic carbocycles. The number of aromatic nitrogens is 5. The molecule has 1 fully saturated rings. The second kappa shape index (κ2) is 6.98. The third-order valence-corrected chi connectivity index (χ3v) is 5.26. The van der Waals surface area contributed by atoms with Gasteiger partial charge in [-0.25, -0.2) is 14.3 Å². The Morgan fingerprint density at radius 2 is 1.92 bits per heavy atom. The van der Waals surface area contributed by atoms with Crippen molar-refractivity contribution in [1.82, 2.24) is 29.4 Å². The smallest absolute Gasteiger partial charge is 0.137 e. The molecule has 25 heavy (non-hydrogen) atoms. The van der Waals surface area contributed by atoms with E-state index in [1.165, 1.54) is 0 Å². The largest absolute Gasteiger partial charge is 0.299 e. The van der Waals surface area contributed by atoms with E-state index in [4.69, 9.17) is 11.6 Å². The van der Waals surface area contributed by atoms with Gasteiger partial charge in [0.05, 0.1) is 17.4 Å². The lowest BCUT2D eigenvalue weighted by Crippen LogP contribution is -2.34. The van der Waals surface area contributed by atoms with Crippen LogP contribution in [-0.2, 0) is 6.54 Å². The molecule has 0 unspecified atom stereocenters. The van der Waals surface area contributed by atoms with Crippen LogP contribution in [0.1, 0.15) is 30.1 Å². The molecular weight excluding hydrogens is 336 g/mol. The van der Waals surface area contributed by atoms with Crippen molar-refractivity contribution in [1.29, 1.82) is 0 Å². The minimum absolute atomic E-state index is 0.447. The molecule has 1 aromatic carbocycles. The second-order valence-corrected chi connectivity index (χ2v) is 6.84. The zero-order valence-corrected chi connectivity index (χ0v) is 15.0. The fourth-order valence-electron chi connectivity index (χ4n) is 3.42. The lowest BCUT2D eigenvalue weighted by Gasteiger charge is -2.31. The molecule has 1 aliphatic heterocycles. The van der Waals surface area contributed by atoms with Gasteiger partial charge in [0, 0.05) is 25.2 Å². The molecule has 3 aromatic rings. The van der Waals surface area contributed by atoms with Crippen LogP contribution in [0, 0.1) is 6.92 Å². The molecule has 0 bridgehead atoms. The standard InChI is InChI=1S/C18H21ClN6/c1-14-17(18(19)25(22-14)16-5-3-2-4-6-16)11-23-9-7-15(8-10-23)24-13-20-12-21-24/h2-6,12-13,15H,7-11H2,1H3. The van der Waals surface area contributed by atoms with Crippen LogP contribution in [0.3, 0.4) is 0 Å². The van der Waals surface area contributed by atoms with E-state index in [1.807, 2.05) is 52.9 Å². The van der Waals surface area contributed by atoms with Crippen molar-refractivity contribution in [2.24, 2.45) is 0 Å². The molecule has 0 amide bonds. The maximum absolute atomic E-state index is 6.64. The summed E-state index contributed by atoms with van der Waals surface area (Å²) in [6.07, 6.45) is 5.57. The molecule has 7 heteroatoms. The topological polar surface area (TPSA) is 51.8 Å². The second-order valence-electron chi connectivity index (χ2n) is 6.48. The number of piperidine rings is 1. The van der Waals surface area contributed by atoms with E-state index in [1.54, 1.807) is 6.33 Å². The van der Waals surface area contributed by atoms with Crippen LogP contribution in [-0.4, -0.2) is 42.5 Å². The summed E-state index contributed by atoms with van der Waals surface area (Å²) in [5.41, 5.74) is 3.10. The average Bonchev–Trinajstić information content (AvgIpc) is 3.27. The Labute approximate surface area is 152 Å².